The fourth-order valence-corrected chi connectivity index (χ4v) is 4.91. The first-order valence-electron chi connectivity index (χ1n) is 13.0. The summed E-state index contributed by atoms with van der Waals surface area (Å²) in [7, 11) is 1.61. The Hall–Kier alpha value is -4.33. The zero-order valence-corrected chi connectivity index (χ0v) is 22.9. The van der Waals surface area contributed by atoms with Gasteiger partial charge in [-0.15, -0.1) is 0 Å². The van der Waals surface area contributed by atoms with Crippen molar-refractivity contribution in [3.8, 4) is 28.4 Å². The summed E-state index contributed by atoms with van der Waals surface area (Å²) in [4.78, 5) is 14.9. The van der Waals surface area contributed by atoms with Crippen LogP contribution in [-0.2, 0) is 13.0 Å². The zero-order valence-electron chi connectivity index (χ0n) is 22.1. The molecule has 4 aromatic carbocycles. The Bertz CT molecular complexity index is 1520. The van der Waals surface area contributed by atoms with Gasteiger partial charge in [0.2, 0.25) is 0 Å². The molecule has 2 N–H and O–H groups in total. The van der Waals surface area contributed by atoms with E-state index >= 15 is 0 Å². The third-order valence-corrected chi connectivity index (χ3v) is 7.14. The van der Waals surface area contributed by atoms with Gasteiger partial charge in [0, 0.05) is 30.8 Å². The number of benzene rings is 4. The van der Waals surface area contributed by atoms with Gasteiger partial charge in [-0.05, 0) is 59.0 Å². The molecule has 0 atom stereocenters. The maximum Gasteiger partial charge on any atom is 0.271 e. The molecule has 5 rings (SSSR count). The number of halogens is 1. The van der Waals surface area contributed by atoms with Crippen LogP contribution in [0.4, 0.5) is 0 Å². The van der Waals surface area contributed by atoms with Crippen LogP contribution in [-0.4, -0.2) is 48.9 Å². The van der Waals surface area contributed by atoms with Gasteiger partial charge in [-0.25, -0.2) is 5.43 Å². The third-order valence-electron chi connectivity index (χ3n) is 6.84. The molecule has 0 aromatic heterocycles. The first kappa shape index (κ1) is 27.2. The highest BCUT2D eigenvalue weighted by atomic mass is 35.5. The van der Waals surface area contributed by atoms with E-state index in [0.717, 1.165) is 42.7 Å². The number of amides is 1. The normalized spacial score (nSPS) is 13.2. The fraction of sp³-hybridized carbons (Fsp3) is 0.188. The van der Waals surface area contributed by atoms with Gasteiger partial charge in [-0.2, -0.15) is 5.10 Å². The number of phenolic OH excluding ortho intramolecular Hbond substituents is 1. The molecule has 0 radical (unpaired) electrons. The molecule has 204 valence electrons. The van der Waals surface area contributed by atoms with Crippen molar-refractivity contribution in [2.24, 2.45) is 5.10 Å². The molecule has 1 amide bonds. The highest BCUT2D eigenvalue weighted by Crippen LogP contribution is 2.39. The van der Waals surface area contributed by atoms with Crippen LogP contribution in [0, 0.1) is 0 Å². The average Bonchev–Trinajstić information content (AvgIpc) is 2.99. The highest BCUT2D eigenvalue weighted by Gasteiger charge is 2.18. The number of carbonyl (C=O) groups is 1. The highest BCUT2D eigenvalue weighted by molar-refractivity contribution is 6.32. The number of rotatable bonds is 9. The van der Waals surface area contributed by atoms with Gasteiger partial charge >= 0.3 is 0 Å². The number of hydrogen-bond donors (Lipinski definition) is 2. The summed E-state index contributed by atoms with van der Waals surface area (Å²) in [5.74, 6) is 0.689. The van der Waals surface area contributed by atoms with E-state index in [9.17, 15) is 9.90 Å². The van der Waals surface area contributed by atoms with Gasteiger partial charge in [0.15, 0.2) is 11.5 Å². The van der Waals surface area contributed by atoms with E-state index in [1.807, 2.05) is 42.5 Å². The molecule has 0 bridgehead atoms. The average molecular weight is 556 g/mol. The summed E-state index contributed by atoms with van der Waals surface area (Å²) < 4.78 is 12.1. The molecule has 0 saturated carbocycles. The van der Waals surface area contributed by atoms with Crippen LogP contribution in [0.2, 0.25) is 5.02 Å². The molecular weight excluding hydrogens is 526 g/mol. The number of ether oxygens (including phenoxy) is 2. The smallest absolute Gasteiger partial charge is 0.271 e. The second-order valence-corrected chi connectivity index (χ2v) is 9.88. The topological polar surface area (TPSA) is 83.4 Å². The summed E-state index contributed by atoms with van der Waals surface area (Å²) in [5.41, 5.74) is 8.13. The van der Waals surface area contributed by atoms with E-state index in [1.54, 1.807) is 13.3 Å². The van der Waals surface area contributed by atoms with Crippen molar-refractivity contribution < 1.29 is 19.4 Å². The van der Waals surface area contributed by atoms with Gasteiger partial charge in [-0.1, -0.05) is 66.2 Å². The van der Waals surface area contributed by atoms with Gasteiger partial charge in [0.1, 0.15) is 12.4 Å². The molecule has 40 heavy (non-hydrogen) atoms. The minimum absolute atomic E-state index is 0.0918. The van der Waals surface area contributed by atoms with E-state index in [4.69, 9.17) is 21.1 Å². The molecule has 1 aliphatic rings. The van der Waals surface area contributed by atoms with Crippen molar-refractivity contribution in [2.75, 3.05) is 26.8 Å². The van der Waals surface area contributed by atoms with Gasteiger partial charge in [-0.3, -0.25) is 9.69 Å². The van der Waals surface area contributed by atoms with Crippen LogP contribution in [0.15, 0.2) is 90.0 Å². The molecule has 0 fully saturated rings. The van der Waals surface area contributed by atoms with E-state index in [2.05, 4.69) is 39.7 Å². The number of hydrazone groups is 1. The molecule has 1 aliphatic heterocycles. The Kier molecular flexibility index (Phi) is 8.64. The lowest BCUT2D eigenvalue weighted by atomic mass is 10.00. The first-order valence-corrected chi connectivity index (χ1v) is 13.4. The minimum atomic E-state index is -0.450. The summed E-state index contributed by atoms with van der Waals surface area (Å²) in [6, 6.07) is 26.5. The lowest BCUT2D eigenvalue weighted by molar-refractivity contribution is 0.0955. The second-order valence-electron chi connectivity index (χ2n) is 9.47. The predicted molar refractivity (Wildman–Crippen MR) is 158 cm³/mol. The summed E-state index contributed by atoms with van der Waals surface area (Å²) in [6.07, 6.45) is 2.59. The molecule has 7 nitrogen and oxygen atoms in total. The van der Waals surface area contributed by atoms with Crippen molar-refractivity contribution >= 4 is 23.7 Å². The first-order chi connectivity index (χ1) is 19.5. The van der Waals surface area contributed by atoms with E-state index < -0.39 is 5.91 Å². The van der Waals surface area contributed by atoms with Crippen LogP contribution >= 0.6 is 11.6 Å². The maximum absolute atomic E-state index is 12.5. The van der Waals surface area contributed by atoms with Crippen LogP contribution in [0.3, 0.4) is 0 Å². The number of hydrogen-bond acceptors (Lipinski definition) is 6. The molecule has 4 aromatic rings. The lowest BCUT2D eigenvalue weighted by Crippen LogP contribution is -2.33. The van der Waals surface area contributed by atoms with Gasteiger partial charge < -0.3 is 14.6 Å². The summed E-state index contributed by atoms with van der Waals surface area (Å²) in [5, 5.41) is 13.8. The van der Waals surface area contributed by atoms with Crippen LogP contribution < -0.4 is 14.9 Å². The second kappa shape index (κ2) is 12.7. The standard InChI is InChI=1S/C32H30ClN3O4/c1-39-30-18-22(20-34-35-32(38)25-11-12-29(37)28(33)19-25)17-27(24-8-3-2-4-9-24)31(30)40-16-15-36-14-13-23-7-5-6-10-26(23)21-36/h2-12,17-20,37H,13-16,21H2,1H3,(H,35,38)/b34-20+. The van der Waals surface area contributed by atoms with Crippen LogP contribution in [0.25, 0.3) is 11.1 Å². The van der Waals surface area contributed by atoms with E-state index in [0.29, 0.717) is 18.1 Å². The van der Waals surface area contributed by atoms with Crippen molar-refractivity contribution in [1.82, 2.24) is 10.3 Å². The van der Waals surface area contributed by atoms with E-state index in [1.165, 1.54) is 29.3 Å². The number of nitrogens with zero attached hydrogens (tertiary/aromatic N) is 2. The third kappa shape index (κ3) is 6.45. The number of carbonyl (C=O) groups excluding carboxylic acids is 1. The maximum atomic E-state index is 12.5. The number of phenols is 1. The monoisotopic (exact) mass is 555 g/mol. The quantitative estimate of drug-likeness (QED) is 0.198. The molecule has 1 heterocycles. The number of aromatic hydroxyl groups is 1. The van der Waals surface area contributed by atoms with Crippen molar-refractivity contribution in [2.45, 2.75) is 13.0 Å². The fourth-order valence-electron chi connectivity index (χ4n) is 4.73. The SMILES string of the molecule is COc1cc(/C=N/NC(=O)c2ccc(O)c(Cl)c2)cc(-c2ccccc2)c1OCCN1CCc2ccccc2C1. The van der Waals surface area contributed by atoms with Gasteiger partial charge in [0.25, 0.3) is 5.91 Å². The molecule has 0 unspecified atom stereocenters. The lowest BCUT2D eigenvalue weighted by Gasteiger charge is -2.28. The molecular formula is C32H30ClN3O4. The Morgan fingerprint density at radius 2 is 1.82 bits per heavy atom. The molecule has 0 saturated heterocycles. The molecule has 0 spiro atoms. The number of methoxy groups -OCH3 is 1. The Morgan fingerprint density at radius 1 is 1.05 bits per heavy atom. The van der Waals surface area contributed by atoms with Gasteiger partial charge in [0.05, 0.1) is 18.3 Å². The molecule has 0 aliphatic carbocycles. The zero-order chi connectivity index (χ0) is 27.9. The number of nitrogens with one attached hydrogen (secondary N) is 1. The molecule has 8 heteroatoms. The van der Waals surface area contributed by atoms with Crippen LogP contribution in [0.5, 0.6) is 17.2 Å². The summed E-state index contributed by atoms with van der Waals surface area (Å²) >= 11 is 5.92. The minimum Gasteiger partial charge on any atom is -0.506 e. The Balaban J connectivity index is 1.32. The number of fused-ring (bicyclic) bond motifs is 1. The van der Waals surface area contributed by atoms with E-state index in [-0.39, 0.29) is 16.3 Å². The van der Waals surface area contributed by atoms with Crippen molar-refractivity contribution in [3.63, 3.8) is 0 Å². The summed E-state index contributed by atoms with van der Waals surface area (Å²) in [6.45, 7) is 3.22. The predicted octanol–water partition coefficient (Wildman–Crippen LogP) is 5.92. The van der Waals surface area contributed by atoms with Crippen molar-refractivity contribution in [1.29, 1.82) is 0 Å². The van der Waals surface area contributed by atoms with Crippen LogP contribution in [0.1, 0.15) is 27.0 Å². The Morgan fingerprint density at radius 3 is 2.60 bits per heavy atom. The Labute approximate surface area is 238 Å². The largest absolute Gasteiger partial charge is 0.506 e. The van der Waals surface area contributed by atoms with Crippen molar-refractivity contribution in [3.05, 3.63) is 112 Å².